The maximum atomic E-state index is 12.9. The lowest BCUT2D eigenvalue weighted by molar-refractivity contribution is 0.0607. The molecule has 2 heterocycles. The van der Waals surface area contributed by atoms with Crippen LogP contribution in [0.4, 0.5) is 0 Å². The van der Waals surface area contributed by atoms with Gasteiger partial charge in [-0.05, 0) is 44.4 Å². The van der Waals surface area contributed by atoms with Gasteiger partial charge in [0.15, 0.2) is 0 Å². The standard InChI is InChI=1S/C19H22N2O2/c1-2-23-18-16(11-8-13-20-18)17-12-6-7-14-21(17)19(22)15-9-4-3-5-10-15/h3-5,8-11,13,17H,2,6-7,12,14H2,1H3/t17-/m0/s1. The fraction of sp³-hybridized carbons (Fsp3) is 0.368. The molecule has 1 aliphatic rings. The van der Waals surface area contributed by atoms with E-state index < -0.39 is 0 Å². The Morgan fingerprint density at radius 1 is 1.22 bits per heavy atom. The van der Waals surface area contributed by atoms with E-state index in [1.807, 2.05) is 54.3 Å². The van der Waals surface area contributed by atoms with E-state index in [2.05, 4.69) is 4.98 Å². The topological polar surface area (TPSA) is 42.4 Å². The smallest absolute Gasteiger partial charge is 0.254 e. The number of rotatable bonds is 4. The zero-order valence-corrected chi connectivity index (χ0v) is 13.4. The number of hydrogen-bond donors (Lipinski definition) is 0. The number of carbonyl (C=O) groups excluding carboxylic acids is 1. The fourth-order valence-corrected chi connectivity index (χ4v) is 3.16. The third-order valence-electron chi connectivity index (χ3n) is 4.23. The monoisotopic (exact) mass is 310 g/mol. The summed E-state index contributed by atoms with van der Waals surface area (Å²) in [4.78, 5) is 19.2. The van der Waals surface area contributed by atoms with E-state index in [1.165, 1.54) is 0 Å². The van der Waals surface area contributed by atoms with Crippen LogP contribution in [0.25, 0.3) is 0 Å². The van der Waals surface area contributed by atoms with Crippen molar-refractivity contribution in [2.45, 2.75) is 32.2 Å². The van der Waals surface area contributed by atoms with Gasteiger partial charge in [-0.25, -0.2) is 4.98 Å². The van der Waals surface area contributed by atoms with Gasteiger partial charge in [0, 0.05) is 23.9 Å². The molecule has 0 unspecified atom stereocenters. The summed E-state index contributed by atoms with van der Waals surface area (Å²) < 4.78 is 5.67. The lowest BCUT2D eigenvalue weighted by Crippen LogP contribution is -2.38. The second-order valence-electron chi connectivity index (χ2n) is 5.71. The molecule has 0 aliphatic carbocycles. The fourth-order valence-electron chi connectivity index (χ4n) is 3.16. The van der Waals surface area contributed by atoms with Crippen LogP contribution in [-0.2, 0) is 0 Å². The highest BCUT2D eigenvalue weighted by Gasteiger charge is 2.30. The SMILES string of the molecule is CCOc1ncccc1[C@@H]1CCCCN1C(=O)c1ccccc1. The van der Waals surface area contributed by atoms with Crippen LogP contribution in [0.1, 0.15) is 48.1 Å². The second-order valence-corrected chi connectivity index (χ2v) is 5.71. The zero-order chi connectivity index (χ0) is 16.1. The van der Waals surface area contributed by atoms with E-state index >= 15 is 0 Å². The maximum Gasteiger partial charge on any atom is 0.254 e. The zero-order valence-electron chi connectivity index (χ0n) is 13.4. The van der Waals surface area contributed by atoms with Crippen LogP contribution in [0.2, 0.25) is 0 Å². The molecule has 120 valence electrons. The molecular weight excluding hydrogens is 288 g/mol. The number of pyridine rings is 1. The van der Waals surface area contributed by atoms with Crippen LogP contribution in [0.3, 0.4) is 0 Å². The van der Waals surface area contributed by atoms with Crippen molar-refractivity contribution in [1.82, 2.24) is 9.88 Å². The number of carbonyl (C=O) groups is 1. The highest BCUT2D eigenvalue weighted by atomic mass is 16.5. The van der Waals surface area contributed by atoms with Gasteiger partial charge < -0.3 is 9.64 Å². The third-order valence-corrected chi connectivity index (χ3v) is 4.23. The van der Waals surface area contributed by atoms with Crippen molar-refractivity contribution in [2.24, 2.45) is 0 Å². The number of piperidine rings is 1. The Morgan fingerprint density at radius 2 is 2.04 bits per heavy atom. The molecule has 0 spiro atoms. The van der Waals surface area contributed by atoms with Crippen LogP contribution in [0, 0.1) is 0 Å². The molecule has 0 bridgehead atoms. The van der Waals surface area contributed by atoms with Gasteiger partial charge in [0.1, 0.15) is 0 Å². The van der Waals surface area contributed by atoms with E-state index in [1.54, 1.807) is 6.20 Å². The predicted octanol–water partition coefficient (Wildman–Crippen LogP) is 3.85. The average Bonchev–Trinajstić information content (AvgIpc) is 2.63. The van der Waals surface area contributed by atoms with Crippen molar-refractivity contribution in [3.63, 3.8) is 0 Å². The van der Waals surface area contributed by atoms with E-state index in [0.717, 1.165) is 36.9 Å². The molecule has 1 saturated heterocycles. The summed E-state index contributed by atoms with van der Waals surface area (Å²) in [6.45, 7) is 3.30. The van der Waals surface area contributed by atoms with E-state index in [0.29, 0.717) is 12.5 Å². The molecule has 0 radical (unpaired) electrons. The van der Waals surface area contributed by atoms with Gasteiger partial charge in [-0.15, -0.1) is 0 Å². The summed E-state index contributed by atoms with van der Waals surface area (Å²) in [5, 5.41) is 0. The quantitative estimate of drug-likeness (QED) is 0.861. The Morgan fingerprint density at radius 3 is 2.83 bits per heavy atom. The summed E-state index contributed by atoms with van der Waals surface area (Å²) in [5.41, 5.74) is 1.75. The molecule has 1 atom stereocenters. The van der Waals surface area contributed by atoms with Gasteiger partial charge in [-0.1, -0.05) is 24.3 Å². The van der Waals surface area contributed by atoms with Crippen molar-refractivity contribution >= 4 is 5.91 Å². The first-order valence-electron chi connectivity index (χ1n) is 8.25. The largest absolute Gasteiger partial charge is 0.478 e. The first kappa shape index (κ1) is 15.5. The van der Waals surface area contributed by atoms with E-state index in [4.69, 9.17) is 4.74 Å². The lowest BCUT2D eigenvalue weighted by atomic mass is 9.95. The van der Waals surface area contributed by atoms with Crippen molar-refractivity contribution in [3.05, 3.63) is 59.8 Å². The van der Waals surface area contributed by atoms with Crippen LogP contribution < -0.4 is 4.74 Å². The van der Waals surface area contributed by atoms with Gasteiger partial charge in [-0.2, -0.15) is 0 Å². The first-order chi connectivity index (χ1) is 11.3. The normalized spacial score (nSPS) is 17.8. The molecule has 1 fully saturated rings. The summed E-state index contributed by atoms with van der Waals surface area (Å²) in [5.74, 6) is 0.731. The number of hydrogen-bond acceptors (Lipinski definition) is 3. The number of ether oxygens (including phenoxy) is 1. The summed E-state index contributed by atoms with van der Waals surface area (Å²) in [6, 6.07) is 13.5. The Kier molecular flexibility index (Phi) is 4.91. The van der Waals surface area contributed by atoms with Crippen LogP contribution in [-0.4, -0.2) is 28.9 Å². The van der Waals surface area contributed by atoms with Crippen molar-refractivity contribution in [3.8, 4) is 5.88 Å². The number of aromatic nitrogens is 1. The maximum absolute atomic E-state index is 12.9. The van der Waals surface area contributed by atoms with Gasteiger partial charge >= 0.3 is 0 Å². The molecule has 1 aromatic heterocycles. The molecule has 4 heteroatoms. The molecular formula is C19H22N2O2. The highest BCUT2D eigenvalue weighted by Crippen LogP contribution is 2.35. The minimum Gasteiger partial charge on any atom is -0.478 e. The Hall–Kier alpha value is -2.36. The average molecular weight is 310 g/mol. The molecule has 0 saturated carbocycles. The summed E-state index contributed by atoms with van der Waals surface area (Å²) in [7, 11) is 0. The lowest BCUT2D eigenvalue weighted by Gasteiger charge is -2.36. The molecule has 2 aromatic rings. The summed E-state index contributed by atoms with van der Waals surface area (Å²) >= 11 is 0. The predicted molar refractivity (Wildman–Crippen MR) is 89.5 cm³/mol. The van der Waals surface area contributed by atoms with Crippen molar-refractivity contribution in [1.29, 1.82) is 0 Å². The van der Waals surface area contributed by atoms with Crippen molar-refractivity contribution < 1.29 is 9.53 Å². The molecule has 1 aliphatic heterocycles. The molecule has 1 amide bonds. The first-order valence-corrected chi connectivity index (χ1v) is 8.25. The highest BCUT2D eigenvalue weighted by molar-refractivity contribution is 5.94. The Bertz CT molecular complexity index is 657. The molecule has 23 heavy (non-hydrogen) atoms. The third kappa shape index (κ3) is 3.36. The Balaban J connectivity index is 1.92. The molecule has 4 nitrogen and oxygen atoms in total. The van der Waals surface area contributed by atoms with Gasteiger partial charge in [-0.3, -0.25) is 4.79 Å². The van der Waals surface area contributed by atoms with Crippen LogP contribution in [0.15, 0.2) is 48.7 Å². The number of nitrogens with zero attached hydrogens (tertiary/aromatic N) is 2. The number of likely N-dealkylation sites (tertiary alicyclic amines) is 1. The van der Waals surface area contributed by atoms with Gasteiger partial charge in [0.05, 0.1) is 12.6 Å². The minimum atomic E-state index is 0.0340. The number of amides is 1. The Labute approximate surface area is 137 Å². The second kappa shape index (κ2) is 7.27. The van der Waals surface area contributed by atoms with E-state index in [-0.39, 0.29) is 11.9 Å². The summed E-state index contributed by atoms with van der Waals surface area (Å²) in [6.07, 6.45) is 4.84. The minimum absolute atomic E-state index is 0.0340. The van der Waals surface area contributed by atoms with Gasteiger partial charge in [0.25, 0.3) is 5.91 Å². The molecule has 1 aromatic carbocycles. The molecule has 0 N–H and O–H groups in total. The van der Waals surface area contributed by atoms with Crippen LogP contribution >= 0.6 is 0 Å². The van der Waals surface area contributed by atoms with Crippen LogP contribution in [0.5, 0.6) is 5.88 Å². The number of benzene rings is 1. The molecule has 3 rings (SSSR count). The van der Waals surface area contributed by atoms with Crippen molar-refractivity contribution in [2.75, 3.05) is 13.2 Å². The van der Waals surface area contributed by atoms with Gasteiger partial charge in [0.2, 0.25) is 5.88 Å². The van der Waals surface area contributed by atoms with E-state index in [9.17, 15) is 4.79 Å².